The van der Waals surface area contributed by atoms with Crippen LogP contribution in [-0.4, -0.2) is 24.6 Å². The zero-order valence-corrected chi connectivity index (χ0v) is 10.3. The third-order valence-corrected chi connectivity index (χ3v) is 2.79. The normalized spacial score (nSPS) is 10.5. The number of carbonyl (C=O) groups is 1. The summed E-state index contributed by atoms with van der Waals surface area (Å²) in [5, 5.41) is 4.37. The Hall–Kier alpha value is -1.94. The van der Waals surface area contributed by atoms with E-state index in [9.17, 15) is 4.79 Å². The van der Waals surface area contributed by atoms with Crippen LogP contribution in [0.2, 0.25) is 0 Å². The molecule has 0 unspecified atom stereocenters. The molecule has 1 N–H and O–H groups in total. The topological polar surface area (TPSA) is 51.2 Å². The van der Waals surface area contributed by atoms with Gasteiger partial charge in [0, 0.05) is 24.7 Å². The number of ether oxygens (including phenoxy) is 1. The number of nitrogens with one attached hydrogen (secondary N) is 1. The molecule has 0 saturated carbocycles. The number of pyridine rings is 1. The second-order valence-corrected chi connectivity index (χ2v) is 3.99. The van der Waals surface area contributed by atoms with E-state index in [0.29, 0.717) is 13.0 Å². The van der Waals surface area contributed by atoms with E-state index in [1.165, 1.54) is 12.7 Å². The van der Waals surface area contributed by atoms with Gasteiger partial charge in [-0.1, -0.05) is 18.2 Å². The van der Waals surface area contributed by atoms with Crippen molar-refractivity contribution in [3.63, 3.8) is 0 Å². The third kappa shape index (κ3) is 3.05. The molecular formula is C14H16N2O2. The van der Waals surface area contributed by atoms with Gasteiger partial charge in [0.1, 0.15) is 0 Å². The van der Waals surface area contributed by atoms with Crippen molar-refractivity contribution in [2.45, 2.75) is 13.0 Å². The Morgan fingerprint density at radius 3 is 3.00 bits per heavy atom. The van der Waals surface area contributed by atoms with Gasteiger partial charge in [0.25, 0.3) is 0 Å². The molecule has 0 atom stereocenters. The summed E-state index contributed by atoms with van der Waals surface area (Å²) in [6.45, 7) is 1.34. The van der Waals surface area contributed by atoms with E-state index in [0.717, 1.165) is 17.4 Å². The van der Waals surface area contributed by atoms with E-state index < -0.39 is 0 Å². The average Bonchev–Trinajstić information content (AvgIpc) is 2.43. The van der Waals surface area contributed by atoms with Gasteiger partial charge in [0.05, 0.1) is 19.0 Å². The van der Waals surface area contributed by atoms with Gasteiger partial charge in [-0.3, -0.25) is 9.78 Å². The van der Waals surface area contributed by atoms with Gasteiger partial charge in [0.15, 0.2) is 0 Å². The molecule has 0 aliphatic carbocycles. The van der Waals surface area contributed by atoms with Crippen LogP contribution in [0.3, 0.4) is 0 Å². The predicted molar refractivity (Wildman–Crippen MR) is 70.1 cm³/mol. The van der Waals surface area contributed by atoms with Crippen LogP contribution in [0.5, 0.6) is 0 Å². The first-order valence-corrected chi connectivity index (χ1v) is 5.91. The summed E-state index contributed by atoms with van der Waals surface area (Å²) in [5.41, 5.74) is 2.18. The molecule has 0 fully saturated rings. The number of benzene rings is 1. The maximum Gasteiger partial charge on any atom is 0.306 e. The van der Waals surface area contributed by atoms with Crippen LogP contribution < -0.4 is 5.32 Å². The maximum absolute atomic E-state index is 11.0. The largest absolute Gasteiger partial charge is 0.469 e. The van der Waals surface area contributed by atoms with Crippen molar-refractivity contribution < 1.29 is 9.53 Å². The lowest BCUT2D eigenvalue weighted by Gasteiger charge is -2.07. The fourth-order valence-electron chi connectivity index (χ4n) is 1.82. The number of hydrogen-bond acceptors (Lipinski definition) is 4. The van der Waals surface area contributed by atoms with Gasteiger partial charge < -0.3 is 10.1 Å². The van der Waals surface area contributed by atoms with Crippen LogP contribution in [0.25, 0.3) is 10.9 Å². The summed E-state index contributed by atoms with van der Waals surface area (Å²) in [7, 11) is 1.40. The van der Waals surface area contributed by atoms with Gasteiger partial charge in [-0.25, -0.2) is 0 Å². The number of fused-ring (bicyclic) bond motifs is 1. The van der Waals surface area contributed by atoms with E-state index in [1.807, 2.05) is 24.3 Å². The molecule has 1 aromatic heterocycles. The van der Waals surface area contributed by atoms with Crippen LogP contribution in [0, 0.1) is 0 Å². The molecule has 2 aromatic rings. The minimum Gasteiger partial charge on any atom is -0.469 e. The van der Waals surface area contributed by atoms with Crippen LogP contribution in [-0.2, 0) is 16.1 Å². The lowest BCUT2D eigenvalue weighted by molar-refractivity contribution is -0.140. The van der Waals surface area contributed by atoms with Gasteiger partial charge in [0.2, 0.25) is 0 Å². The number of methoxy groups -OCH3 is 1. The van der Waals surface area contributed by atoms with Crippen molar-refractivity contribution in [1.82, 2.24) is 10.3 Å². The van der Waals surface area contributed by atoms with Crippen LogP contribution in [0.15, 0.2) is 36.5 Å². The Morgan fingerprint density at radius 2 is 2.17 bits per heavy atom. The van der Waals surface area contributed by atoms with Gasteiger partial charge in [-0.15, -0.1) is 0 Å². The zero-order valence-electron chi connectivity index (χ0n) is 10.3. The molecule has 1 heterocycles. The van der Waals surface area contributed by atoms with Crippen molar-refractivity contribution in [3.05, 3.63) is 42.1 Å². The quantitative estimate of drug-likeness (QED) is 0.644. The minimum atomic E-state index is -0.193. The lowest BCUT2D eigenvalue weighted by atomic mass is 10.1. The van der Waals surface area contributed by atoms with Crippen LogP contribution >= 0.6 is 0 Å². The smallest absolute Gasteiger partial charge is 0.306 e. The third-order valence-electron chi connectivity index (χ3n) is 2.79. The number of para-hydroxylation sites is 1. The summed E-state index contributed by atoms with van der Waals surface area (Å²) in [6.07, 6.45) is 2.19. The molecule has 94 valence electrons. The highest BCUT2D eigenvalue weighted by molar-refractivity contribution is 5.81. The summed E-state index contributed by atoms with van der Waals surface area (Å²) >= 11 is 0. The molecule has 0 amide bonds. The zero-order chi connectivity index (χ0) is 12.8. The minimum absolute atomic E-state index is 0.193. The molecule has 0 saturated heterocycles. The van der Waals surface area contributed by atoms with Crippen molar-refractivity contribution >= 4 is 16.9 Å². The molecule has 0 spiro atoms. The van der Waals surface area contributed by atoms with Crippen molar-refractivity contribution in [3.8, 4) is 0 Å². The number of hydrogen-bond donors (Lipinski definition) is 1. The van der Waals surface area contributed by atoms with E-state index in [-0.39, 0.29) is 5.97 Å². The Morgan fingerprint density at radius 1 is 1.33 bits per heavy atom. The molecule has 0 aliphatic rings. The Bertz CT molecular complexity index is 535. The summed E-state index contributed by atoms with van der Waals surface area (Å²) in [4.78, 5) is 15.3. The molecule has 4 heteroatoms. The maximum atomic E-state index is 11.0. The number of carbonyl (C=O) groups excluding carboxylic acids is 1. The van der Waals surface area contributed by atoms with Crippen LogP contribution in [0.1, 0.15) is 12.0 Å². The van der Waals surface area contributed by atoms with E-state index >= 15 is 0 Å². The Balaban J connectivity index is 1.97. The van der Waals surface area contributed by atoms with Crippen LogP contribution in [0.4, 0.5) is 0 Å². The van der Waals surface area contributed by atoms with Crippen molar-refractivity contribution in [1.29, 1.82) is 0 Å². The predicted octanol–water partition coefficient (Wildman–Crippen LogP) is 1.89. The molecule has 1 aromatic carbocycles. The first kappa shape index (κ1) is 12.5. The summed E-state index contributed by atoms with van der Waals surface area (Å²) in [5.74, 6) is -0.193. The first-order valence-electron chi connectivity index (χ1n) is 5.91. The lowest BCUT2D eigenvalue weighted by Crippen LogP contribution is -2.18. The first-order chi connectivity index (χ1) is 8.81. The molecule has 2 rings (SSSR count). The second-order valence-electron chi connectivity index (χ2n) is 3.99. The van der Waals surface area contributed by atoms with Gasteiger partial charge in [-0.2, -0.15) is 0 Å². The number of aromatic nitrogens is 1. The number of nitrogens with zero attached hydrogens (tertiary/aromatic N) is 1. The van der Waals surface area contributed by atoms with E-state index in [1.54, 1.807) is 6.20 Å². The van der Waals surface area contributed by atoms with Crippen molar-refractivity contribution in [2.24, 2.45) is 0 Å². The highest BCUT2D eigenvalue weighted by Gasteiger charge is 2.02. The number of rotatable bonds is 5. The monoisotopic (exact) mass is 244 g/mol. The molecule has 0 aliphatic heterocycles. The second kappa shape index (κ2) is 6.12. The fraction of sp³-hybridized carbons (Fsp3) is 0.286. The molecule has 0 bridgehead atoms. The standard InChI is InChI=1S/C14H16N2O2/c1-18-14(17)7-8-15-10-11-6-9-16-13-5-3-2-4-12(11)13/h2-6,9,15H,7-8,10H2,1H3. The van der Waals surface area contributed by atoms with Gasteiger partial charge in [-0.05, 0) is 17.7 Å². The SMILES string of the molecule is COC(=O)CCNCc1ccnc2ccccc12. The van der Waals surface area contributed by atoms with E-state index in [2.05, 4.69) is 21.1 Å². The molecule has 18 heavy (non-hydrogen) atoms. The molecule has 4 nitrogen and oxygen atoms in total. The highest BCUT2D eigenvalue weighted by atomic mass is 16.5. The van der Waals surface area contributed by atoms with Gasteiger partial charge >= 0.3 is 5.97 Å². The average molecular weight is 244 g/mol. The van der Waals surface area contributed by atoms with E-state index in [4.69, 9.17) is 0 Å². The number of esters is 1. The fourth-order valence-corrected chi connectivity index (χ4v) is 1.82. The summed E-state index contributed by atoms with van der Waals surface area (Å²) in [6, 6.07) is 10.0. The summed E-state index contributed by atoms with van der Waals surface area (Å²) < 4.78 is 4.58. The Kier molecular flexibility index (Phi) is 4.25. The molecule has 0 radical (unpaired) electrons. The highest BCUT2D eigenvalue weighted by Crippen LogP contribution is 2.15. The molecular weight excluding hydrogens is 228 g/mol. The van der Waals surface area contributed by atoms with Crippen molar-refractivity contribution in [2.75, 3.05) is 13.7 Å². The Labute approximate surface area is 106 Å².